The molecule has 0 radical (unpaired) electrons. The summed E-state index contributed by atoms with van der Waals surface area (Å²) in [6.45, 7) is 0.0648. The number of hydrogen-bond donors (Lipinski definition) is 0. The van der Waals surface area contributed by atoms with E-state index in [-0.39, 0.29) is 23.5 Å². The van der Waals surface area contributed by atoms with Crippen LogP contribution in [0, 0.1) is 5.82 Å². The molecule has 4 nitrogen and oxygen atoms in total. The Hall–Kier alpha value is -2.31. The minimum absolute atomic E-state index is 0.0648. The highest BCUT2D eigenvalue weighted by atomic mass is 32.2. The van der Waals surface area contributed by atoms with Gasteiger partial charge in [0.2, 0.25) is 0 Å². The number of benzene rings is 2. The first-order chi connectivity index (χ1) is 11.1. The van der Waals surface area contributed by atoms with Gasteiger partial charge in [-0.3, -0.25) is 4.21 Å². The molecule has 23 heavy (non-hydrogen) atoms. The molecule has 1 unspecified atom stereocenters. The van der Waals surface area contributed by atoms with E-state index in [1.165, 1.54) is 12.1 Å². The Balaban J connectivity index is 2.04. The van der Waals surface area contributed by atoms with Crippen LogP contribution in [0.25, 0.3) is 11.1 Å². The summed E-state index contributed by atoms with van der Waals surface area (Å²) in [5, 5.41) is 0. The van der Waals surface area contributed by atoms with Gasteiger partial charge in [0, 0.05) is 16.9 Å². The van der Waals surface area contributed by atoms with E-state index < -0.39 is 22.9 Å². The molecular formula is C17H12FO4S-. The lowest BCUT2D eigenvalue weighted by atomic mass is 9.96. The summed E-state index contributed by atoms with van der Waals surface area (Å²) in [5.74, 6) is -1.12. The molecule has 0 saturated heterocycles. The van der Waals surface area contributed by atoms with E-state index in [0.717, 1.165) is 0 Å². The summed E-state index contributed by atoms with van der Waals surface area (Å²) < 4.78 is 40.5. The lowest BCUT2D eigenvalue weighted by Crippen LogP contribution is -2.00. The van der Waals surface area contributed by atoms with Crippen LogP contribution in [0.15, 0.2) is 48.5 Å². The van der Waals surface area contributed by atoms with Gasteiger partial charge < -0.3 is 9.29 Å². The Kier molecular flexibility index (Phi) is 4.36. The van der Waals surface area contributed by atoms with E-state index in [0.29, 0.717) is 16.7 Å². The zero-order valence-corrected chi connectivity index (χ0v) is 12.8. The molecule has 0 N–H and O–H groups in total. The van der Waals surface area contributed by atoms with E-state index in [1.54, 1.807) is 36.4 Å². The second-order valence-corrected chi connectivity index (χ2v) is 5.95. The number of rotatable bonds is 4. The topological polar surface area (TPSA) is 66.4 Å². The van der Waals surface area contributed by atoms with Gasteiger partial charge in [0.15, 0.2) is 0 Å². The standard InChI is InChI=1S/C17H13FO4S/c18-15-4-2-1-3-13(15)16-14(9-22-17(16)19)12-7-5-11(6-8-12)10-23(20)21/h1-8H,9-10H2,(H,20,21)/p-1. The maximum atomic E-state index is 14.0. The summed E-state index contributed by atoms with van der Waals surface area (Å²) in [6, 6.07) is 12.8. The molecule has 2 aromatic carbocycles. The molecule has 0 aliphatic carbocycles. The van der Waals surface area contributed by atoms with Crippen molar-refractivity contribution < 1.29 is 22.7 Å². The van der Waals surface area contributed by atoms with E-state index in [2.05, 4.69) is 0 Å². The van der Waals surface area contributed by atoms with Crippen LogP contribution >= 0.6 is 0 Å². The van der Waals surface area contributed by atoms with Gasteiger partial charge in [-0.1, -0.05) is 53.5 Å². The molecule has 2 aromatic rings. The Bertz CT molecular complexity index is 812. The minimum Gasteiger partial charge on any atom is -0.772 e. The van der Waals surface area contributed by atoms with Gasteiger partial charge in [-0.2, -0.15) is 0 Å². The normalized spacial score (nSPS) is 15.7. The molecule has 1 atom stereocenters. The Labute approximate surface area is 134 Å². The maximum absolute atomic E-state index is 14.0. The van der Waals surface area contributed by atoms with Crippen molar-refractivity contribution in [2.45, 2.75) is 5.75 Å². The van der Waals surface area contributed by atoms with Gasteiger partial charge in [0.1, 0.15) is 12.4 Å². The first-order valence-electron chi connectivity index (χ1n) is 6.86. The van der Waals surface area contributed by atoms with Crippen molar-refractivity contribution in [1.29, 1.82) is 0 Å². The molecule has 0 amide bonds. The van der Waals surface area contributed by atoms with Crippen LogP contribution in [-0.2, 0) is 26.4 Å². The Morgan fingerprint density at radius 2 is 1.83 bits per heavy atom. The van der Waals surface area contributed by atoms with Crippen molar-refractivity contribution in [2.24, 2.45) is 0 Å². The van der Waals surface area contributed by atoms with Crippen LogP contribution in [0.2, 0.25) is 0 Å². The Morgan fingerprint density at radius 1 is 1.13 bits per heavy atom. The first kappa shape index (κ1) is 15.6. The quantitative estimate of drug-likeness (QED) is 0.638. The lowest BCUT2D eigenvalue weighted by Gasteiger charge is -2.08. The summed E-state index contributed by atoms with van der Waals surface area (Å²) in [7, 11) is 0. The van der Waals surface area contributed by atoms with Crippen molar-refractivity contribution >= 4 is 28.2 Å². The Morgan fingerprint density at radius 3 is 2.48 bits per heavy atom. The van der Waals surface area contributed by atoms with Gasteiger partial charge in [-0.25, -0.2) is 9.18 Å². The van der Waals surface area contributed by atoms with E-state index in [9.17, 15) is 17.9 Å². The van der Waals surface area contributed by atoms with Crippen molar-refractivity contribution in [2.75, 3.05) is 6.61 Å². The largest absolute Gasteiger partial charge is 0.772 e. The van der Waals surface area contributed by atoms with Gasteiger partial charge in [-0.05, 0) is 17.2 Å². The van der Waals surface area contributed by atoms with Crippen LogP contribution in [-0.4, -0.2) is 21.3 Å². The predicted octanol–water partition coefficient (Wildman–Crippen LogP) is 2.67. The molecule has 1 heterocycles. The van der Waals surface area contributed by atoms with Crippen LogP contribution in [0.1, 0.15) is 16.7 Å². The minimum atomic E-state index is -2.16. The molecular weight excluding hydrogens is 319 g/mol. The molecule has 0 aromatic heterocycles. The van der Waals surface area contributed by atoms with Crippen molar-refractivity contribution in [3.8, 4) is 0 Å². The van der Waals surface area contributed by atoms with Crippen LogP contribution in [0.5, 0.6) is 0 Å². The number of esters is 1. The number of ether oxygens (including phenoxy) is 1. The van der Waals surface area contributed by atoms with Gasteiger partial charge in [0.05, 0.1) is 5.57 Å². The van der Waals surface area contributed by atoms with Crippen molar-refractivity contribution in [1.82, 2.24) is 0 Å². The lowest BCUT2D eigenvalue weighted by molar-refractivity contribution is -0.133. The maximum Gasteiger partial charge on any atom is 0.339 e. The van der Waals surface area contributed by atoms with Crippen LogP contribution in [0.3, 0.4) is 0 Å². The number of halogens is 1. The highest BCUT2D eigenvalue weighted by Crippen LogP contribution is 2.34. The molecule has 6 heteroatoms. The summed E-state index contributed by atoms with van der Waals surface area (Å²) in [6.07, 6.45) is 0. The van der Waals surface area contributed by atoms with Crippen molar-refractivity contribution in [3.63, 3.8) is 0 Å². The molecule has 1 aliphatic heterocycles. The SMILES string of the molecule is O=C1OCC(c2ccc(CS(=O)[O-])cc2)=C1c1ccccc1F. The number of cyclic esters (lactones) is 1. The van der Waals surface area contributed by atoms with Crippen LogP contribution < -0.4 is 0 Å². The highest BCUT2D eigenvalue weighted by molar-refractivity contribution is 7.78. The van der Waals surface area contributed by atoms with E-state index >= 15 is 0 Å². The van der Waals surface area contributed by atoms with E-state index in [4.69, 9.17) is 4.74 Å². The second kappa shape index (κ2) is 6.44. The van der Waals surface area contributed by atoms with Crippen LogP contribution in [0.4, 0.5) is 4.39 Å². The smallest absolute Gasteiger partial charge is 0.339 e. The molecule has 0 spiro atoms. The average molecular weight is 331 g/mol. The first-order valence-corrected chi connectivity index (χ1v) is 8.11. The molecule has 0 fully saturated rings. The molecule has 1 aliphatic rings. The zero-order valence-electron chi connectivity index (χ0n) is 12.0. The van der Waals surface area contributed by atoms with Crippen molar-refractivity contribution in [3.05, 3.63) is 71.0 Å². The van der Waals surface area contributed by atoms with Gasteiger partial charge in [0.25, 0.3) is 0 Å². The third kappa shape index (κ3) is 3.23. The third-order valence-electron chi connectivity index (χ3n) is 3.58. The summed E-state index contributed by atoms with van der Waals surface area (Å²) in [5.41, 5.74) is 2.35. The number of hydrogen-bond acceptors (Lipinski definition) is 4. The zero-order chi connectivity index (χ0) is 16.4. The second-order valence-electron chi connectivity index (χ2n) is 5.05. The highest BCUT2D eigenvalue weighted by Gasteiger charge is 2.28. The fourth-order valence-electron chi connectivity index (χ4n) is 2.51. The fraction of sp³-hybridized carbons (Fsp3) is 0.118. The average Bonchev–Trinajstić information content (AvgIpc) is 2.90. The van der Waals surface area contributed by atoms with Gasteiger partial charge >= 0.3 is 5.97 Å². The number of carbonyl (C=O) groups is 1. The number of carbonyl (C=O) groups excluding carboxylic acids is 1. The molecule has 3 rings (SSSR count). The van der Waals surface area contributed by atoms with E-state index in [1.807, 2.05) is 0 Å². The molecule has 118 valence electrons. The third-order valence-corrected chi connectivity index (χ3v) is 4.15. The van der Waals surface area contributed by atoms with Gasteiger partial charge in [-0.15, -0.1) is 0 Å². The summed E-state index contributed by atoms with van der Waals surface area (Å²) >= 11 is -2.16. The predicted molar refractivity (Wildman–Crippen MR) is 83.2 cm³/mol. The molecule has 0 bridgehead atoms. The summed E-state index contributed by atoms with van der Waals surface area (Å²) in [4.78, 5) is 12.0. The molecule has 0 saturated carbocycles. The monoisotopic (exact) mass is 331 g/mol. The fourth-order valence-corrected chi connectivity index (χ4v) is 2.97.